The Morgan fingerprint density at radius 3 is 3.00 bits per heavy atom. The lowest BCUT2D eigenvalue weighted by molar-refractivity contribution is -0.134. The first-order valence-corrected chi connectivity index (χ1v) is 4.21. The van der Waals surface area contributed by atoms with E-state index in [-0.39, 0.29) is 5.91 Å². The number of hydrogen-bond acceptors (Lipinski definition) is 3. The number of nitrogens with zero attached hydrogens (tertiary/aromatic N) is 1. The summed E-state index contributed by atoms with van der Waals surface area (Å²) in [7, 11) is 1.64. The van der Waals surface area contributed by atoms with Gasteiger partial charge in [0, 0.05) is 26.8 Å². The van der Waals surface area contributed by atoms with Gasteiger partial charge in [0.05, 0.1) is 0 Å². The molecule has 1 atom stereocenters. The van der Waals surface area contributed by atoms with E-state index in [9.17, 15) is 4.79 Å². The second-order valence-corrected chi connectivity index (χ2v) is 2.98. The third-order valence-electron chi connectivity index (χ3n) is 2.05. The minimum Gasteiger partial charge on any atom is -0.385 e. The van der Waals surface area contributed by atoms with Gasteiger partial charge in [-0.1, -0.05) is 0 Å². The van der Waals surface area contributed by atoms with Gasteiger partial charge < -0.3 is 14.7 Å². The van der Waals surface area contributed by atoms with Crippen LogP contribution in [0.5, 0.6) is 0 Å². The number of aliphatic hydroxyl groups excluding tert-OH is 1. The van der Waals surface area contributed by atoms with Crippen molar-refractivity contribution < 1.29 is 14.6 Å². The minimum absolute atomic E-state index is 0.133. The van der Waals surface area contributed by atoms with Gasteiger partial charge in [0.1, 0.15) is 6.10 Å². The molecule has 1 saturated heterocycles. The van der Waals surface area contributed by atoms with E-state index in [0.717, 1.165) is 6.42 Å². The molecule has 1 rings (SSSR count). The summed E-state index contributed by atoms with van der Waals surface area (Å²) in [5.41, 5.74) is 0. The van der Waals surface area contributed by atoms with Gasteiger partial charge in [-0.3, -0.25) is 4.79 Å². The average Bonchev–Trinajstić information content (AvgIpc) is 2.36. The van der Waals surface area contributed by atoms with Gasteiger partial charge in [0.25, 0.3) is 5.91 Å². The van der Waals surface area contributed by atoms with Gasteiger partial charge in [0.2, 0.25) is 0 Å². The highest BCUT2D eigenvalue weighted by molar-refractivity contribution is 5.82. The topological polar surface area (TPSA) is 49.8 Å². The van der Waals surface area contributed by atoms with Gasteiger partial charge >= 0.3 is 0 Å². The number of ether oxygens (including phenoxy) is 1. The van der Waals surface area contributed by atoms with E-state index in [4.69, 9.17) is 9.84 Å². The summed E-state index contributed by atoms with van der Waals surface area (Å²) in [6.45, 7) is 2.05. The second kappa shape index (κ2) is 4.42. The maximum Gasteiger partial charge on any atom is 0.251 e. The largest absolute Gasteiger partial charge is 0.385 e. The fourth-order valence-corrected chi connectivity index (χ4v) is 1.34. The molecule has 1 aliphatic heterocycles. The molecule has 1 heterocycles. The lowest BCUT2D eigenvalue weighted by Gasteiger charge is -2.14. The number of hydrogen-bond donors (Lipinski definition) is 1. The van der Waals surface area contributed by atoms with Crippen LogP contribution in [0.1, 0.15) is 12.8 Å². The van der Waals surface area contributed by atoms with Crippen LogP contribution in [0, 0.1) is 0 Å². The van der Waals surface area contributed by atoms with Crippen LogP contribution in [0.2, 0.25) is 0 Å². The minimum atomic E-state index is -0.757. The smallest absolute Gasteiger partial charge is 0.251 e. The fraction of sp³-hybridized carbons (Fsp3) is 0.875. The van der Waals surface area contributed by atoms with Gasteiger partial charge in [-0.25, -0.2) is 0 Å². The van der Waals surface area contributed by atoms with Gasteiger partial charge in [-0.05, 0) is 12.8 Å². The Kier molecular flexibility index (Phi) is 3.49. The third-order valence-corrected chi connectivity index (χ3v) is 2.05. The van der Waals surface area contributed by atoms with Crippen molar-refractivity contribution in [3.8, 4) is 0 Å². The van der Waals surface area contributed by atoms with Crippen molar-refractivity contribution in [1.82, 2.24) is 4.90 Å². The summed E-state index contributed by atoms with van der Waals surface area (Å²) < 4.78 is 4.86. The van der Waals surface area contributed by atoms with Crippen molar-refractivity contribution in [1.29, 1.82) is 0 Å². The van der Waals surface area contributed by atoms with Crippen LogP contribution in [-0.2, 0) is 9.53 Å². The highest BCUT2D eigenvalue weighted by Crippen LogP contribution is 2.10. The normalized spacial score (nSPS) is 23.7. The maximum atomic E-state index is 11.1. The first-order chi connectivity index (χ1) is 5.75. The zero-order valence-electron chi connectivity index (χ0n) is 7.32. The number of rotatable bonds is 4. The van der Waals surface area contributed by atoms with E-state index in [1.54, 1.807) is 12.0 Å². The zero-order valence-corrected chi connectivity index (χ0v) is 7.32. The Balaban J connectivity index is 2.20. The number of aliphatic hydroxyl groups is 1. The predicted molar refractivity (Wildman–Crippen MR) is 43.7 cm³/mol. The number of carbonyl (C=O) groups excluding carboxylic acids is 1. The summed E-state index contributed by atoms with van der Waals surface area (Å²) in [4.78, 5) is 12.8. The van der Waals surface area contributed by atoms with Crippen LogP contribution in [0.25, 0.3) is 0 Å². The molecular weight excluding hydrogens is 158 g/mol. The number of amides is 1. The standard InChI is InChI=1S/C8H15NO3/c1-12-6-2-4-9-5-3-7(10)8(9)11/h7,10H,2-6H2,1H3. The molecule has 0 radical (unpaired) electrons. The van der Waals surface area contributed by atoms with Crippen LogP contribution in [0.15, 0.2) is 0 Å². The Bertz CT molecular complexity index is 160. The van der Waals surface area contributed by atoms with E-state index < -0.39 is 6.10 Å². The maximum absolute atomic E-state index is 11.1. The summed E-state index contributed by atoms with van der Waals surface area (Å²) in [6, 6.07) is 0. The van der Waals surface area contributed by atoms with E-state index in [2.05, 4.69) is 0 Å². The molecule has 1 fully saturated rings. The van der Waals surface area contributed by atoms with Crippen molar-refractivity contribution in [2.45, 2.75) is 18.9 Å². The molecule has 0 saturated carbocycles. The first kappa shape index (κ1) is 9.48. The Morgan fingerprint density at radius 1 is 1.75 bits per heavy atom. The number of methoxy groups -OCH3 is 1. The van der Waals surface area contributed by atoms with Gasteiger partial charge in [-0.15, -0.1) is 0 Å². The zero-order chi connectivity index (χ0) is 8.97. The predicted octanol–water partition coefficient (Wildman–Crippen LogP) is -0.384. The van der Waals surface area contributed by atoms with E-state index in [1.165, 1.54) is 0 Å². The van der Waals surface area contributed by atoms with Crippen molar-refractivity contribution in [2.75, 3.05) is 26.8 Å². The molecule has 0 aliphatic carbocycles. The Morgan fingerprint density at radius 2 is 2.50 bits per heavy atom. The molecule has 0 spiro atoms. The lowest BCUT2D eigenvalue weighted by Crippen LogP contribution is -2.30. The van der Waals surface area contributed by atoms with Crippen molar-refractivity contribution in [3.05, 3.63) is 0 Å². The fourth-order valence-electron chi connectivity index (χ4n) is 1.34. The highest BCUT2D eigenvalue weighted by Gasteiger charge is 2.28. The van der Waals surface area contributed by atoms with Crippen LogP contribution in [-0.4, -0.2) is 48.8 Å². The van der Waals surface area contributed by atoms with Crippen LogP contribution < -0.4 is 0 Å². The molecule has 1 N–H and O–H groups in total. The van der Waals surface area contributed by atoms with Crippen molar-refractivity contribution >= 4 is 5.91 Å². The van der Waals surface area contributed by atoms with E-state index in [0.29, 0.717) is 26.1 Å². The summed E-state index contributed by atoms with van der Waals surface area (Å²) in [5.74, 6) is -0.133. The van der Waals surface area contributed by atoms with Crippen LogP contribution in [0.4, 0.5) is 0 Å². The van der Waals surface area contributed by atoms with E-state index in [1.807, 2.05) is 0 Å². The molecule has 1 unspecified atom stereocenters. The molecule has 4 heteroatoms. The number of carbonyl (C=O) groups is 1. The molecule has 1 aliphatic rings. The lowest BCUT2D eigenvalue weighted by atomic mass is 10.3. The molecule has 12 heavy (non-hydrogen) atoms. The molecule has 0 aromatic rings. The van der Waals surface area contributed by atoms with E-state index >= 15 is 0 Å². The quantitative estimate of drug-likeness (QED) is 0.589. The summed E-state index contributed by atoms with van der Waals surface area (Å²) >= 11 is 0. The first-order valence-electron chi connectivity index (χ1n) is 4.21. The molecule has 4 nitrogen and oxygen atoms in total. The second-order valence-electron chi connectivity index (χ2n) is 2.98. The third kappa shape index (κ3) is 2.19. The molecule has 0 aromatic heterocycles. The Labute approximate surface area is 72.1 Å². The molecule has 1 amide bonds. The SMILES string of the molecule is COCCCN1CCC(O)C1=O. The van der Waals surface area contributed by atoms with Crippen LogP contribution >= 0.6 is 0 Å². The Hall–Kier alpha value is -0.610. The number of likely N-dealkylation sites (tertiary alicyclic amines) is 1. The molecule has 70 valence electrons. The highest BCUT2D eigenvalue weighted by atomic mass is 16.5. The molecular formula is C8H15NO3. The van der Waals surface area contributed by atoms with Crippen LogP contribution in [0.3, 0.4) is 0 Å². The molecule has 0 bridgehead atoms. The summed E-state index contributed by atoms with van der Waals surface area (Å²) in [6.07, 6.45) is 0.661. The summed E-state index contributed by atoms with van der Waals surface area (Å²) in [5, 5.41) is 9.10. The molecule has 0 aromatic carbocycles. The van der Waals surface area contributed by atoms with Crippen molar-refractivity contribution in [2.24, 2.45) is 0 Å². The van der Waals surface area contributed by atoms with Gasteiger partial charge in [0.15, 0.2) is 0 Å². The van der Waals surface area contributed by atoms with Gasteiger partial charge in [-0.2, -0.15) is 0 Å². The average molecular weight is 173 g/mol. The monoisotopic (exact) mass is 173 g/mol. The van der Waals surface area contributed by atoms with Crippen molar-refractivity contribution in [3.63, 3.8) is 0 Å².